The largest absolute Gasteiger partial charge is 0.329 e. The Bertz CT molecular complexity index is 597. The molecule has 1 atom stereocenters. The predicted octanol–water partition coefficient (Wildman–Crippen LogP) is 1.83. The van der Waals surface area contributed by atoms with Gasteiger partial charge in [0.15, 0.2) is 11.6 Å². The van der Waals surface area contributed by atoms with Crippen molar-refractivity contribution in [3.63, 3.8) is 0 Å². The molecular formula is C14H13F3N2O2. The highest BCUT2D eigenvalue weighted by Gasteiger charge is 2.42. The average molecular weight is 298 g/mol. The number of amides is 2. The standard InChI is InChI=1S/C14H13F3N2O2/c15-8-5-9(16)13(10(17)6-8)19-7-12(20)18-4-2-1-3-11(18)14(19)21/h5-6,11H,1-4,7H2. The second-order valence-electron chi connectivity index (χ2n) is 5.24. The van der Waals surface area contributed by atoms with Crippen LogP contribution in [0.25, 0.3) is 0 Å². The molecule has 0 radical (unpaired) electrons. The van der Waals surface area contributed by atoms with Crippen molar-refractivity contribution in [2.24, 2.45) is 0 Å². The minimum absolute atomic E-state index is 0.345. The first kappa shape index (κ1) is 13.9. The van der Waals surface area contributed by atoms with Crippen LogP contribution in [0.15, 0.2) is 12.1 Å². The van der Waals surface area contributed by atoms with E-state index >= 15 is 0 Å². The molecule has 0 aliphatic carbocycles. The fourth-order valence-corrected chi connectivity index (χ4v) is 2.95. The first-order valence-corrected chi connectivity index (χ1v) is 6.74. The molecule has 2 heterocycles. The minimum Gasteiger partial charge on any atom is -0.329 e. The van der Waals surface area contributed by atoms with Crippen LogP contribution in [0.3, 0.4) is 0 Å². The summed E-state index contributed by atoms with van der Waals surface area (Å²) >= 11 is 0. The first-order valence-electron chi connectivity index (χ1n) is 6.74. The number of rotatable bonds is 1. The third-order valence-electron chi connectivity index (χ3n) is 3.92. The molecule has 0 bridgehead atoms. The molecule has 2 saturated heterocycles. The van der Waals surface area contributed by atoms with Gasteiger partial charge in [-0.1, -0.05) is 0 Å². The molecule has 4 nitrogen and oxygen atoms in total. The average Bonchev–Trinajstić information content (AvgIpc) is 2.43. The van der Waals surface area contributed by atoms with Gasteiger partial charge in [0.2, 0.25) is 11.8 Å². The van der Waals surface area contributed by atoms with Crippen LogP contribution in [0, 0.1) is 17.5 Å². The Hall–Kier alpha value is -2.05. The summed E-state index contributed by atoms with van der Waals surface area (Å²) in [4.78, 5) is 26.7. The van der Waals surface area contributed by atoms with E-state index in [2.05, 4.69) is 0 Å². The van der Waals surface area contributed by atoms with E-state index in [0.29, 0.717) is 25.1 Å². The molecule has 0 aromatic heterocycles. The van der Waals surface area contributed by atoms with Crippen molar-refractivity contribution < 1.29 is 22.8 Å². The van der Waals surface area contributed by atoms with Gasteiger partial charge < -0.3 is 4.90 Å². The first-order chi connectivity index (χ1) is 9.99. The van der Waals surface area contributed by atoms with Gasteiger partial charge in [0.1, 0.15) is 24.1 Å². The lowest BCUT2D eigenvalue weighted by Crippen LogP contribution is -2.61. The summed E-state index contributed by atoms with van der Waals surface area (Å²) in [7, 11) is 0. The molecule has 1 aromatic carbocycles. The highest BCUT2D eigenvalue weighted by atomic mass is 19.1. The van der Waals surface area contributed by atoms with E-state index in [1.165, 1.54) is 4.90 Å². The summed E-state index contributed by atoms with van der Waals surface area (Å²) in [5.41, 5.74) is -0.653. The third kappa shape index (κ3) is 2.26. The summed E-state index contributed by atoms with van der Waals surface area (Å²) in [5, 5.41) is 0. The number of carbonyl (C=O) groups excluding carboxylic acids is 2. The number of piperidine rings is 1. The molecule has 2 amide bonds. The summed E-state index contributed by atoms with van der Waals surface area (Å²) < 4.78 is 40.6. The van der Waals surface area contributed by atoms with Gasteiger partial charge >= 0.3 is 0 Å². The van der Waals surface area contributed by atoms with Gasteiger partial charge in [0.05, 0.1) is 0 Å². The second-order valence-corrected chi connectivity index (χ2v) is 5.24. The summed E-state index contributed by atoms with van der Waals surface area (Å²) in [6, 6.07) is 0.330. The lowest BCUT2D eigenvalue weighted by atomic mass is 9.98. The fourth-order valence-electron chi connectivity index (χ4n) is 2.95. The highest BCUT2D eigenvalue weighted by Crippen LogP contribution is 2.30. The molecule has 1 unspecified atom stereocenters. The number of carbonyl (C=O) groups is 2. The number of nitrogens with zero attached hydrogens (tertiary/aromatic N) is 2. The number of hydrogen-bond donors (Lipinski definition) is 0. The van der Waals surface area contributed by atoms with Crippen molar-refractivity contribution in [2.75, 3.05) is 18.0 Å². The van der Waals surface area contributed by atoms with E-state index in [-0.39, 0.29) is 5.91 Å². The molecule has 2 fully saturated rings. The SMILES string of the molecule is O=C1C2CCCCN2C(=O)CN1c1c(F)cc(F)cc1F. The van der Waals surface area contributed by atoms with Crippen molar-refractivity contribution >= 4 is 17.5 Å². The molecule has 0 saturated carbocycles. The monoisotopic (exact) mass is 298 g/mol. The van der Waals surface area contributed by atoms with Crippen molar-refractivity contribution in [2.45, 2.75) is 25.3 Å². The maximum absolute atomic E-state index is 13.8. The summed E-state index contributed by atoms with van der Waals surface area (Å²) in [5.74, 6) is -4.29. The van der Waals surface area contributed by atoms with E-state index in [1.54, 1.807) is 0 Å². The quantitative estimate of drug-likeness (QED) is 0.793. The van der Waals surface area contributed by atoms with Crippen LogP contribution in [0.5, 0.6) is 0 Å². The molecule has 0 spiro atoms. The van der Waals surface area contributed by atoms with Gasteiger partial charge in [-0.3, -0.25) is 14.5 Å². The van der Waals surface area contributed by atoms with Gasteiger partial charge in [0, 0.05) is 18.7 Å². The van der Waals surface area contributed by atoms with Crippen LogP contribution in [0.2, 0.25) is 0 Å². The van der Waals surface area contributed by atoms with Crippen LogP contribution in [-0.2, 0) is 9.59 Å². The summed E-state index contributed by atoms with van der Waals surface area (Å²) in [6.45, 7) is 0.0618. The highest BCUT2D eigenvalue weighted by molar-refractivity contribution is 6.06. The number of hydrogen-bond acceptors (Lipinski definition) is 2. The molecule has 3 rings (SSSR count). The smallest absolute Gasteiger partial charge is 0.250 e. The second kappa shape index (κ2) is 5.05. The van der Waals surface area contributed by atoms with Gasteiger partial charge in [-0.2, -0.15) is 0 Å². The number of fused-ring (bicyclic) bond motifs is 1. The maximum Gasteiger partial charge on any atom is 0.250 e. The number of piperazine rings is 1. The molecule has 1 aromatic rings. The van der Waals surface area contributed by atoms with Crippen molar-refractivity contribution in [1.29, 1.82) is 0 Å². The Morgan fingerprint density at radius 1 is 1.05 bits per heavy atom. The van der Waals surface area contributed by atoms with Gasteiger partial charge in [-0.15, -0.1) is 0 Å². The Morgan fingerprint density at radius 3 is 2.38 bits per heavy atom. The summed E-state index contributed by atoms with van der Waals surface area (Å²) in [6.07, 6.45) is 2.07. The lowest BCUT2D eigenvalue weighted by molar-refractivity contribution is -0.144. The molecular weight excluding hydrogens is 285 g/mol. The van der Waals surface area contributed by atoms with E-state index < -0.39 is 41.6 Å². The zero-order valence-electron chi connectivity index (χ0n) is 11.1. The molecule has 7 heteroatoms. The Morgan fingerprint density at radius 2 is 1.71 bits per heavy atom. The zero-order chi connectivity index (χ0) is 15.1. The molecule has 2 aliphatic heterocycles. The minimum atomic E-state index is -1.18. The van der Waals surface area contributed by atoms with E-state index in [0.717, 1.165) is 17.7 Å². The van der Waals surface area contributed by atoms with Gasteiger partial charge in [-0.05, 0) is 19.3 Å². The Labute approximate surface area is 119 Å². The number of benzene rings is 1. The third-order valence-corrected chi connectivity index (χ3v) is 3.92. The molecule has 2 aliphatic rings. The molecule has 0 N–H and O–H groups in total. The van der Waals surface area contributed by atoms with E-state index in [1.807, 2.05) is 0 Å². The zero-order valence-corrected chi connectivity index (χ0v) is 11.1. The predicted molar refractivity (Wildman–Crippen MR) is 68.0 cm³/mol. The van der Waals surface area contributed by atoms with E-state index in [4.69, 9.17) is 0 Å². The Balaban J connectivity index is 2.00. The fraction of sp³-hybridized carbons (Fsp3) is 0.429. The van der Waals surface area contributed by atoms with Crippen molar-refractivity contribution in [1.82, 2.24) is 4.90 Å². The van der Waals surface area contributed by atoms with E-state index in [9.17, 15) is 22.8 Å². The lowest BCUT2D eigenvalue weighted by Gasteiger charge is -2.42. The van der Waals surface area contributed by atoms with Crippen LogP contribution < -0.4 is 4.90 Å². The number of anilines is 1. The van der Waals surface area contributed by atoms with Crippen LogP contribution in [0.4, 0.5) is 18.9 Å². The molecule has 112 valence electrons. The van der Waals surface area contributed by atoms with Gasteiger partial charge in [-0.25, -0.2) is 13.2 Å². The van der Waals surface area contributed by atoms with Gasteiger partial charge in [0.25, 0.3) is 0 Å². The van der Waals surface area contributed by atoms with Crippen molar-refractivity contribution in [3.8, 4) is 0 Å². The van der Waals surface area contributed by atoms with Crippen LogP contribution in [-0.4, -0.2) is 35.8 Å². The normalized spacial score (nSPS) is 22.5. The molecule has 21 heavy (non-hydrogen) atoms. The van der Waals surface area contributed by atoms with Crippen LogP contribution >= 0.6 is 0 Å². The van der Waals surface area contributed by atoms with Crippen LogP contribution in [0.1, 0.15) is 19.3 Å². The van der Waals surface area contributed by atoms with Crippen molar-refractivity contribution in [3.05, 3.63) is 29.6 Å². The maximum atomic E-state index is 13.8. The Kier molecular flexibility index (Phi) is 3.35. The topological polar surface area (TPSA) is 40.6 Å². The number of halogens is 3.